The van der Waals surface area contributed by atoms with Crippen molar-refractivity contribution in [1.82, 2.24) is 15.0 Å². The van der Waals surface area contributed by atoms with E-state index >= 15 is 0 Å². The zero-order chi connectivity index (χ0) is 17.3. The first-order valence-electron chi connectivity index (χ1n) is 7.61. The number of methoxy groups -OCH3 is 1. The molecule has 128 valence electrons. The Balaban J connectivity index is 2.23. The highest BCUT2D eigenvalue weighted by Crippen LogP contribution is 2.27. The van der Waals surface area contributed by atoms with E-state index in [2.05, 4.69) is 15.0 Å². The molecule has 0 spiro atoms. The van der Waals surface area contributed by atoms with E-state index < -0.39 is 15.8 Å². The molecular weight excluding hydrogens is 332 g/mol. The van der Waals surface area contributed by atoms with Crippen LogP contribution in [0.2, 0.25) is 0 Å². The Bertz CT molecular complexity index is 892. The van der Waals surface area contributed by atoms with Crippen molar-refractivity contribution in [3.8, 4) is 0 Å². The van der Waals surface area contributed by atoms with Gasteiger partial charge in [-0.2, -0.15) is 0 Å². The van der Waals surface area contributed by atoms with Crippen LogP contribution in [0.25, 0.3) is 10.9 Å². The van der Waals surface area contributed by atoms with Crippen LogP contribution in [0.15, 0.2) is 17.4 Å². The van der Waals surface area contributed by atoms with Crippen molar-refractivity contribution in [3.05, 3.63) is 18.0 Å². The quantitative estimate of drug-likeness (QED) is 0.601. The van der Waals surface area contributed by atoms with Crippen molar-refractivity contribution in [1.29, 1.82) is 0 Å². The van der Waals surface area contributed by atoms with E-state index in [0.717, 1.165) is 38.6 Å². The molecule has 0 saturated carbocycles. The number of fused-ring (bicyclic) bond motifs is 1. The minimum absolute atomic E-state index is 0.154. The summed E-state index contributed by atoms with van der Waals surface area (Å²) < 4.78 is 28.3. The summed E-state index contributed by atoms with van der Waals surface area (Å²) in [4.78, 5) is 26.4. The molecule has 0 unspecified atom stereocenters. The van der Waals surface area contributed by atoms with Gasteiger partial charge in [-0.1, -0.05) is 0 Å². The van der Waals surface area contributed by atoms with Gasteiger partial charge in [0.05, 0.1) is 7.11 Å². The van der Waals surface area contributed by atoms with Gasteiger partial charge in [0, 0.05) is 30.9 Å². The summed E-state index contributed by atoms with van der Waals surface area (Å²) in [7, 11) is -2.24. The molecule has 0 aromatic carbocycles. The monoisotopic (exact) mass is 350 g/mol. The van der Waals surface area contributed by atoms with Gasteiger partial charge in [-0.3, -0.25) is 0 Å². The molecule has 0 N–H and O–H groups in total. The number of esters is 1. The van der Waals surface area contributed by atoms with Crippen LogP contribution in [-0.4, -0.2) is 55.8 Å². The molecule has 1 aliphatic rings. The molecule has 0 atom stereocenters. The zero-order valence-corrected chi connectivity index (χ0v) is 14.3. The van der Waals surface area contributed by atoms with E-state index in [-0.39, 0.29) is 10.9 Å². The van der Waals surface area contributed by atoms with Crippen LogP contribution in [0.5, 0.6) is 0 Å². The van der Waals surface area contributed by atoms with Crippen molar-refractivity contribution in [2.45, 2.75) is 24.4 Å². The van der Waals surface area contributed by atoms with Crippen LogP contribution in [0.3, 0.4) is 0 Å². The van der Waals surface area contributed by atoms with E-state index in [9.17, 15) is 13.2 Å². The third-order valence-electron chi connectivity index (χ3n) is 3.91. The summed E-state index contributed by atoms with van der Waals surface area (Å²) in [5.74, 6) is -0.0535. The van der Waals surface area contributed by atoms with Gasteiger partial charge in [0.25, 0.3) is 0 Å². The van der Waals surface area contributed by atoms with Crippen LogP contribution in [0.1, 0.15) is 29.8 Å². The molecule has 24 heavy (non-hydrogen) atoms. The van der Waals surface area contributed by atoms with E-state index in [1.165, 1.54) is 19.4 Å². The third kappa shape index (κ3) is 3.16. The highest BCUT2D eigenvalue weighted by Gasteiger charge is 2.22. The smallest absolute Gasteiger partial charge is 0.356 e. The first-order chi connectivity index (χ1) is 11.4. The second-order valence-corrected chi connectivity index (χ2v) is 7.64. The Morgan fingerprint density at radius 3 is 2.54 bits per heavy atom. The van der Waals surface area contributed by atoms with Crippen molar-refractivity contribution in [2.24, 2.45) is 0 Å². The molecular formula is C15H18N4O4S. The molecule has 8 nitrogen and oxygen atoms in total. The Kier molecular flexibility index (Phi) is 4.35. The number of anilines is 1. The Morgan fingerprint density at radius 2 is 1.92 bits per heavy atom. The van der Waals surface area contributed by atoms with Gasteiger partial charge in [0.2, 0.25) is 15.0 Å². The molecule has 3 rings (SSSR count). The minimum atomic E-state index is -3.53. The molecule has 2 aromatic heterocycles. The van der Waals surface area contributed by atoms with Gasteiger partial charge >= 0.3 is 5.97 Å². The average Bonchev–Trinajstić information content (AvgIpc) is 2.59. The summed E-state index contributed by atoms with van der Waals surface area (Å²) >= 11 is 0. The van der Waals surface area contributed by atoms with Gasteiger partial charge in [-0.15, -0.1) is 0 Å². The number of hydrogen-bond donors (Lipinski definition) is 0. The molecule has 0 aliphatic carbocycles. The lowest BCUT2D eigenvalue weighted by molar-refractivity contribution is 0.0594. The second-order valence-electron chi connectivity index (χ2n) is 5.73. The normalized spacial score (nSPS) is 15.5. The topological polar surface area (TPSA) is 102 Å². The first-order valence-corrected chi connectivity index (χ1v) is 9.50. The van der Waals surface area contributed by atoms with E-state index in [1.54, 1.807) is 0 Å². The van der Waals surface area contributed by atoms with Crippen molar-refractivity contribution >= 4 is 32.5 Å². The largest absolute Gasteiger partial charge is 0.464 e. The summed E-state index contributed by atoms with van der Waals surface area (Å²) in [5.41, 5.74) is 0.584. The highest BCUT2D eigenvalue weighted by atomic mass is 32.2. The SMILES string of the molecule is COC(=O)c1cc2cnc(S(C)(=O)=O)nc2c(N2CCCCC2)n1. The molecule has 0 radical (unpaired) electrons. The second kappa shape index (κ2) is 6.31. The number of carbonyl (C=O) groups is 1. The van der Waals surface area contributed by atoms with Gasteiger partial charge in [-0.05, 0) is 25.3 Å². The fourth-order valence-corrected chi connectivity index (χ4v) is 3.22. The molecule has 3 heterocycles. The van der Waals surface area contributed by atoms with E-state index in [0.29, 0.717) is 16.7 Å². The van der Waals surface area contributed by atoms with E-state index in [4.69, 9.17) is 4.74 Å². The fourth-order valence-electron chi connectivity index (χ4n) is 2.72. The number of sulfone groups is 1. The lowest BCUT2D eigenvalue weighted by Crippen LogP contribution is -2.31. The Morgan fingerprint density at radius 1 is 1.21 bits per heavy atom. The minimum Gasteiger partial charge on any atom is -0.464 e. The summed E-state index contributed by atoms with van der Waals surface area (Å²) in [5, 5.41) is 0.305. The van der Waals surface area contributed by atoms with Crippen molar-refractivity contribution in [3.63, 3.8) is 0 Å². The number of hydrogen-bond acceptors (Lipinski definition) is 8. The maximum absolute atomic E-state index is 11.9. The Labute approximate surface area is 139 Å². The molecule has 1 saturated heterocycles. The average molecular weight is 350 g/mol. The maximum atomic E-state index is 11.9. The first kappa shape index (κ1) is 16.6. The van der Waals surface area contributed by atoms with Crippen LogP contribution < -0.4 is 4.90 Å². The summed E-state index contributed by atoms with van der Waals surface area (Å²) in [6, 6.07) is 1.51. The number of rotatable bonds is 3. The number of aromatic nitrogens is 3. The molecule has 1 aliphatic heterocycles. The predicted octanol–water partition coefficient (Wildman–Crippen LogP) is 1.21. The van der Waals surface area contributed by atoms with Crippen LogP contribution in [-0.2, 0) is 14.6 Å². The molecule has 2 aromatic rings. The fraction of sp³-hybridized carbons (Fsp3) is 0.467. The molecule has 9 heteroatoms. The lowest BCUT2D eigenvalue weighted by Gasteiger charge is -2.28. The number of ether oxygens (including phenoxy) is 1. The van der Waals surface area contributed by atoms with Gasteiger partial charge in [0.15, 0.2) is 11.5 Å². The molecule has 1 fully saturated rings. The lowest BCUT2D eigenvalue weighted by atomic mass is 10.1. The van der Waals surface area contributed by atoms with Crippen molar-refractivity contribution in [2.75, 3.05) is 31.4 Å². The van der Waals surface area contributed by atoms with E-state index in [1.807, 2.05) is 4.90 Å². The van der Waals surface area contributed by atoms with Crippen LogP contribution in [0.4, 0.5) is 5.82 Å². The summed E-state index contributed by atoms with van der Waals surface area (Å²) in [6.45, 7) is 1.57. The maximum Gasteiger partial charge on any atom is 0.356 e. The van der Waals surface area contributed by atoms with Gasteiger partial charge < -0.3 is 9.64 Å². The van der Waals surface area contributed by atoms with Gasteiger partial charge in [-0.25, -0.2) is 28.2 Å². The summed E-state index contributed by atoms with van der Waals surface area (Å²) in [6.07, 6.45) is 5.62. The number of pyridine rings is 1. The highest BCUT2D eigenvalue weighted by molar-refractivity contribution is 7.90. The van der Waals surface area contributed by atoms with Crippen LogP contribution >= 0.6 is 0 Å². The number of piperidine rings is 1. The molecule has 0 bridgehead atoms. The van der Waals surface area contributed by atoms with Gasteiger partial charge in [0.1, 0.15) is 5.52 Å². The zero-order valence-electron chi connectivity index (χ0n) is 13.5. The number of carbonyl (C=O) groups excluding carboxylic acids is 1. The standard InChI is InChI=1S/C15H18N4O4S/c1-23-14(20)11-8-10-9-16-15(24(2,21)22)18-12(10)13(17-11)19-6-4-3-5-7-19/h8-9H,3-7H2,1-2H3. The Hall–Kier alpha value is -2.29. The molecule has 0 amide bonds. The number of nitrogens with zero attached hydrogens (tertiary/aromatic N) is 4. The predicted molar refractivity (Wildman–Crippen MR) is 87.8 cm³/mol. The van der Waals surface area contributed by atoms with Crippen LogP contribution in [0, 0.1) is 0 Å². The third-order valence-corrected chi connectivity index (χ3v) is 4.77. The van der Waals surface area contributed by atoms with Crippen molar-refractivity contribution < 1.29 is 17.9 Å².